The first-order chi connectivity index (χ1) is 5.25. The highest BCUT2D eigenvalue weighted by Gasteiger charge is 2.17. The lowest BCUT2D eigenvalue weighted by Gasteiger charge is -2.26. The van der Waals surface area contributed by atoms with Gasteiger partial charge in [-0.1, -0.05) is 39.6 Å². The van der Waals surface area contributed by atoms with E-state index in [2.05, 4.69) is 32.3 Å². The molecular weight excluding hydrogens is 166 g/mol. The Bertz CT molecular complexity index is 189. The largest absolute Gasteiger partial charge is 0.374 e. The molecule has 0 radical (unpaired) electrons. The van der Waals surface area contributed by atoms with Crippen LogP contribution in [0.25, 0.3) is 0 Å². The summed E-state index contributed by atoms with van der Waals surface area (Å²) >= 11 is 5.30. The topological polar surface area (TPSA) is 3.24 Å². The van der Waals surface area contributed by atoms with Crippen LogP contribution in [0.4, 0.5) is 0 Å². The van der Waals surface area contributed by atoms with Crippen LogP contribution in [-0.2, 0) is 0 Å². The maximum absolute atomic E-state index is 5.30. The van der Waals surface area contributed by atoms with Crippen molar-refractivity contribution in [2.45, 2.75) is 27.7 Å². The summed E-state index contributed by atoms with van der Waals surface area (Å²) in [5.41, 5.74) is 1.18. The van der Waals surface area contributed by atoms with Crippen LogP contribution in [0.3, 0.4) is 0 Å². The van der Waals surface area contributed by atoms with Gasteiger partial charge in [-0.15, -0.1) is 0 Å². The van der Waals surface area contributed by atoms with Crippen LogP contribution in [0.2, 0.25) is 0 Å². The first-order valence-electron chi connectivity index (χ1n) is 4.15. The third-order valence-electron chi connectivity index (χ3n) is 1.87. The molecule has 0 saturated carbocycles. The number of nitrogens with zero attached hydrogens (tertiary/aromatic N) is 1. The summed E-state index contributed by atoms with van der Waals surface area (Å²) in [5, 5.41) is 0. The minimum Gasteiger partial charge on any atom is -0.374 e. The monoisotopic (exact) mass is 185 g/mol. The van der Waals surface area contributed by atoms with Crippen LogP contribution in [-0.4, -0.2) is 23.4 Å². The van der Waals surface area contributed by atoms with Gasteiger partial charge in [0.05, 0.1) is 0 Å². The van der Waals surface area contributed by atoms with E-state index in [0.29, 0.717) is 0 Å². The van der Waals surface area contributed by atoms with Gasteiger partial charge in [0.15, 0.2) is 0 Å². The van der Waals surface area contributed by atoms with Crippen molar-refractivity contribution in [3.05, 3.63) is 12.3 Å². The van der Waals surface area contributed by atoms with Gasteiger partial charge in [-0.25, -0.2) is 0 Å². The van der Waals surface area contributed by atoms with E-state index in [-0.39, 0.29) is 5.41 Å². The number of thiocarbonyl (C=S) groups is 1. The maximum Gasteiger partial charge on any atom is 0.0491 e. The van der Waals surface area contributed by atoms with Crippen LogP contribution in [0.15, 0.2) is 12.3 Å². The van der Waals surface area contributed by atoms with Gasteiger partial charge < -0.3 is 4.90 Å². The molecule has 0 rings (SSSR count). The van der Waals surface area contributed by atoms with E-state index >= 15 is 0 Å². The maximum atomic E-state index is 5.30. The van der Waals surface area contributed by atoms with Crippen molar-refractivity contribution in [2.75, 3.05) is 13.6 Å². The molecule has 0 bridgehead atoms. The molecule has 0 aromatic heterocycles. The van der Waals surface area contributed by atoms with E-state index < -0.39 is 0 Å². The second kappa shape index (κ2) is 4.04. The summed E-state index contributed by atoms with van der Waals surface area (Å²) in [6, 6.07) is 0. The summed E-state index contributed by atoms with van der Waals surface area (Å²) in [6.07, 6.45) is 0. The molecule has 0 amide bonds. The molecule has 0 saturated heterocycles. The zero-order valence-electron chi connectivity index (χ0n) is 8.77. The molecule has 0 spiro atoms. The lowest BCUT2D eigenvalue weighted by molar-refractivity contribution is 0.460. The van der Waals surface area contributed by atoms with Gasteiger partial charge in [0.25, 0.3) is 0 Å². The van der Waals surface area contributed by atoms with Crippen LogP contribution in [0.5, 0.6) is 0 Å². The SMILES string of the molecule is C=C(C)N(C)CC(=S)C(C)(C)C. The Hall–Kier alpha value is -0.370. The Morgan fingerprint density at radius 3 is 2.08 bits per heavy atom. The highest BCUT2D eigenvalue weighted by molar-refractivity contribution is 7.80. The highest BCUT2D eigenvalue weighted by Crippen LogP contribution is 2.17. The number of hydrogen-bond donors (Lipinski definition) is 0. The summed E-state index contributed by atoms with van der Waals surface area (Å²) in [6.45, 7) is 13.1. The fourth-order valence-corrected chi connectivity index (χ4v) is 0.781. The predicted octanol–water partition coefficient (Wildman–Crippen LogP) is 2.87. The first kappa shape index (κ1) is 11.6. The molecule has 0 aromatic rings. The van der Waals surface area contributed by atoms with Gasteiger partial charge in [0.1, 0.15) is 0 Å². The van der Waals surface area contributed by atoms with Crippen molar-refractivity contribution in [1.29, 1.82) is 0 Å². The molecule has 0 unspecified atom stereocenters. The van der Waals surface area contributed by atoms with Crippen molar-refractivity contribution >= 4 is 17.1 Å². The molecule has 2 heteroatoms. The molecule has 1 nitrogen and oxygen atoms in total. The molecule has 70 valence electrons. The Morgan fingerprint density at radius 1 is 1.42 bits per heavy atom. The fraction of sp³-hybridized carbons (Fsp3) is 0.700. The summed E-state index contributed by atoms with van der Waals surface area (Å²) < 4.78 is 0. The predicted molar refractivity (Wildman–Crippen MR) is 59.5 cm³/mol. The second-order valence-corrected chi connectivity index (χ2v) is 4.76. The molecule has 0 fully saturated rings. The Labute approximate surface area is 81.5 Å². The number of allylic oxidation sites excluding steroid dienone is 1. The third-order valence-corrected chi connectivity index (χ3v) is 2.61. The zero-order valence-corrected chi connectivity index (χ0v) is 9.59. The van der Waals surface area contributed by atoms with E-state index in [4.69, 9.17) is 12.2 Å². The smallest absolute Gasteiger partial charge is 0.0491 e. The molecule has 0 aliphatic carbocycles. The summed E-state index contributed by atoms with van der Waals surface area (Å²) in [7, 11) is 2.01. The standard InChI is InChI=1S/C10H19NS/c1-8(2)11(6)7-9(12)10(3,4)5/h1,7H2,2-6H3. The van der Waals surface area contributed by atoms with Crippen molar-refractivity contribution in [2.24, 2.45) is 5.41 Å². The van der Waals surface area contributed by atoms with E-state index in [1.807, 2.05) is 14.0 Å². The van der Waals surface area contributed by atoms with Gasteiger partial charge in [-0.05, 0) is 12.3 Å². The van der Waals surface area contributed by atoms with Gasteiger partial charge in [-0.3, -0.25) is 0 Å². The Kier molecular flexibility index (Phi) is 3.91. The average Bonchev–Trinajstić information content (AvgIpc) is 1.85. The van der Waals surface area contributed by atoms with Crippen molar-refractivity contribution in [3.63, 3.8) is 0 Å². The number of hydrogen-bond acceptors (Lipinski definition) is 2. The first-order valence-corrected chi connectivity index (χ1v) is 4.56. The van der Waals surface area contributed by atoms with Gasteiger partial charge >= 0.3 is 0 Å². The lowest BCUT2D eigenvalue weighted by Crippen LogP contribution is -2.30. The highest BCUT2D eigenvalue weighted by atomic mass is 32.1. The fourth-order valence-electron chi connectivity index (χ4n) is 0.588. The van der Waals surface area contributed by atoms with Crippen LogP contribution in [0.1, 0.15) is 27.7 Å². The molecule has 12 heavy (non-hydrogen) atoms. The van der Waals surface area contributed by atoms with Gasteiger partial charge in [0, 0.05) is 24.2 Å². The van der Waals surface area contributed by atoms with E-state index in [0.717, 1.165) is 17.1 Å². The molecule has 0 aliphatic heterocycles. The quantitative estimate of drug-likeness (QED) is 0.622. The normalized spacial score (nSPS) is 11.1. The van der Waals surface area contributed by atoms with Crippen molar-refractivity contribution in [3.8, 4) is 0 Å². The van der Waals surface area contributed by atoms with E-state index in [9.17, 15) is 0 Å². The molecule has 0 heterocycles. The van der Waals surface area contributed by atoms with Gasteiger partial charge in [-0.2, -0.15) is 0 Å². The van der Waals surface area contributed by atoms with E-state index in [1.165, 1.54) is 0 Å². The van der Waals surface area contributed by atoms with Crippen LogP contribution in [0, 0.1) is 5.41 Å². The van der Waals surface area contributed by atoms with Crippen LogP contribution < -0.4 is 0 Å². The van der Waals surface area contributed by atoms with Crippen molar-refractivity contribution < 1.29 is 0 Å². The van der Waals surface area contributed by atoms with Crippen molar-refractivity contribution in [1.82, 2.24) is 4.90 Å². The summed E-state index contributed by atoms with van der Waals surface area (Å²) in [5.74, 6) is 0. The average molecular weight is 185 g/mol. The van der Waals surface area contributed by atoms with Gasteiger partial charge in [0.2, 0.25) is 0 Å². The lowest BCUT2D eigenvalue weighted by atomic mass is 9.92. The summed E-state index contributed by atoms with van der Waals surface area (Å²) in [4.78, 5) is 3.15. The molecular formula is C10H19NS. The second-order valence-electron chi connectivity index (χ2n) is 4.26. The van der Waals surface area contributed by atoms with Crippen LogP contribution >= 0.6 is 12.2 Å². The molecule has 0 aliphatic rings. The number of rotatable bonds is 3. The minimum absolute atomic E-state index is 0.124. The molecule has 0 N–H and O–H groups in total. The minimum atomic E-state index is 0.124. The zero-order chi connectivity index (χ0) is 9.94. The third kappa shape index (κ3) is 3.86. The molecule has 0 atom stereocenters. The Balaban J connectivity index is 4.11. The molecule has 0 aromatic carbocycles. The Morgan fingerprint density at radius 2 is 1.83 bits per heavy atom. The van der Waals surface area contributed by atoms with E-state index in [1.54, 1.807) is 0 Å².